The van der Waals surface area contributed by atoms with E-state index in [9.17, 15) is 20.0 Å². The smallest absolute Gasteiger partial charge is 0.336 e. The van der Waals surface area contributed by atoms with Gasteiger partial charge in [0.15, 0.2) is 17.1 Å². The minimum atomic E-state index is -1.21. The van der Waals surface area contributed by atoms with Crippen LogP contribution in [0.1, 0.15) is 10.4 Å². The number of pyridine rings is 1. The standard InChI is InChI=1S/C22H18N4O7/c1-31-16-10-18(33-3)17(32-2)9-13(16)15-8-14(22(27)28)19-20(24-25-21(19)23-15)11-5-4-6-12(7-11)26(29)30/h4-10H,1-3H3,(H,27,28)(H,23,24,25). The van der Waals surface area contributed by atoms with Crippen LogP contribution in [0.2, 0.25) is 0 Å². The molecule has 33 heavy (non-hydrogen) atoms. The number of carboxylic acid groups (broad SMARTS) is 1. The maximum absolute atomic E-state index is 12.2. The van der Waals surface area contributed by atoms with Gasteiger partial charge in [0.2, 0.25) is 0 Å². The monoisotopic (exact) mass is 450 g/mol. The van der Waals surface area contributed by atoms with Crippen molar-refractivity contribution in [2.75, 3.05) is 21.3 Å². The maximum Gasteiger partial charge on any atom is 0.336 e. The molecule has 0 unspecified atom stereocenters. The second-order valence-corrected chi connectivity index (χ2v) is 6.87. The fraction of sp³-hybridized carbons (Fsp3) is 0.136. The Morgan fingerprint density at radius 3 is 2.36 bits per heavy atom. The molecule has 11 heteroatoms. The van der Waals surface area contributed by atoms with Crippen molar-refractivity contribution in [3.05, 3.63) is 58.1 Å². The number of H-pyrrole nitrogens is 1. The quantitative estimate of drug-likeness (QED) is 0.315. The van der Waals surface area contributed by atoms with Crippen LogP contribution in [-0.2, 0) is 0 Å². The molecule has 0 amide bonds. The number of aromatic amines is 1. The topological polar surface area (TPSA) is 150 Å². The Bertz CT molecular complexity index is 1400. The second kappa shape index (κ2) is 8.46. The van der Waals surface area contributed by atoms with Gasteiger partial charge >= 0.3 is 5.97 Å². The molecule has 0 bridgehead atoms. The van der Waals surface area contributed by atoms with Crippen molar-refractivity contribution in [2.24, 2.45) is 0 Å². The number of hydrogen-bond donors (Lipinski definition) is 2. The molecule has 0 spiro atoms. The number of carboxylic acids is 1. The van der Waals surface area contributed by atoms with Gasteiger partial charge in [-0.25, -0.2) is 9.78 Å². The average Bonchev–Trinajstić information content (AvgIpc) is 3.26. The number of methoxy groups -OCH3 is 3. The number of nitro groups is 1. The summed E-state index contributed by atoms with van der Waals surface area (Å²) in [6.07, 6.45) is 0. The predicted molar refractivity (Wildman–Crippen MR) is 118 cm³/mol. The zero-order valence-electron chi connectivity index (χ0n) is 17.8. The summed E-state index contributed by atoms with van der Waals surface area (Å²) in [6, 6.07) is 10.5. The van der Waals surface area contributed by atoms with Crippen LogP contribution in [-0.4, -0.2) is 52.5 Å². The lowest BCUT2D eigenvalue weighted by Crippen LogP contribution is -2.01. The van der Waals surface area contributed by atoms with E-state index in [2.05, 4.69) is 15.2 Å². The zero-order valence-corrected chi connectivity index (χ0v) is 17.8. The second-order valence-electron chi connectivity index (χ2n) is 6.87. The summed E-state index contributed by atoms with van der Waals surface area (Å²) in [4.78, 5) is 27.3. The lowest BCUT2D eigenvalue weighted by Gasteiger charge is -2.14. The number of aromatic nitrogens is 3. The number of nitrogens with one attached hydrogen (secondary N) is 1. The van der Waals surface area contributed by atoms with E-state index in [1.807, 2.05) is 0 Å². The molecule has 0 aliphatic heterocycles. The normalized spacial score (nSPS) is 10.8. The number of ether oxygens (including phenoxy) is 3. The molecule has 0 aliphatic carbocycles. The van der Waals surface area contributed by atoms with E-state index >= 15 is 0 Å². The maximum atomic E-state index is 12.2. The fourth-order valence-electron chi connectivity index (χ4n) is 3.54. The molecular formula is C22H18N4O7. The van der Waals surface area contributed by atoms with Gasteiger partial charge in [-0.05, 0) is 12.1 Å². The SMILES string of the molecule is COc1cc(OC)c(-c2cc(C(=O)O)c3c(-c4cccc([N+](=O)[O-])c4)[nH]nc3n2)cc1OC. The summed E-state index contributed by atoms with van der Waals surface area (Å²) >= 11 is 0. The van der Waals surface area contributed by atoms with Crippen LogP contribution in [0.4, 0.5) is 5.69 Å². The van der Waals surface area contributed by atoms with E-state index in [0.717, 1.165) is 0 Å². The summed E-state index contributed by atoms with van der Waals surface area (Å²) in [6.45, 7) is 0. The molecular weight excluding hydrogens is 432 g/mol. The Morgan fingerprint density at radius 1 is 1.03 bits per heavy atom. The van der Waals surface area contributed by atoms with Crippen LogP contribution in [0.3, 0.4) is 0 Å². The number of non-ortho nitro benzene ring substituents is 1. The molecule has 0 saturated carbocycles. The van der Waals surface area contributed by atoms with E-state index in [1.54, 1.807) is 18.2 Å². The molecule has 0 radical (unpaired) electrons. The Balaban J connectivity index is 1.96. The first-order valence-electron chi connectivity index (χ1n) is 9.55. The van der Waals surface area contributed by atoms with Gasteiger partial charge in [0, 0.05) is 29.3 Å². The molecule has 11 nitrogen and oxygen atoms in total. The van der Waals surface area contributed by atoms with Crippen molar-refractivity contribution in [3.63, 3.8) is 0 Å². The van der Waals surface area contributed by atoms with E-state index in [-0.39, 0.29) is 28.0 Å². The highest BCUT2D eigenvalue weighted by Crippen LogP contribution is 2.41. The first-order chi connectivity index (χ1) is 15.9. The summed E-state index contributed by atoms with van der Waals surface area (Å²) in [5, 5.41) is 28.3. The largest absolute Gasteiger partial charge is 0.496 e. The molecule has 0 aliphatic rings. The average molecular weight is 450 g/mol. The number of nitro benzene ring substituents is 1. The van der Waals surface area contributed by atoms with Crippen molar-refractivity contribution in [2.45, 2.75) is 0 Å². The number of carbonyl (C=O) groups is 1. The van der Waals surface area contributed by atoms with Crippen molar-refractivity contribution in [1.82, 2.24) is 15.2 Å². The minimum absolute atomic E-state index is 0.0814. The lowest BCUT2D eigenvalue weighted by atomic mass is 10.0. The van der Waals surface area contributed by atoms with Crippen molar-refractivity contribution >= 4 is 22.7 Å². The van der Waals surface area contributed by atoms with Gasteiger partial charge in [-0.1, -0.05) is 12.1 Å². The highest BCUT2D eigenvalue weighted by atomic mass is 16.6. The van der Waals surface area contributed by atoms with Gasteiger partial charge in [-0.15, -0.1) is 0 Å². The highest BCUT2D eigenvalue weighted by Gasteiger charge is 2.23. The van der Waals surface area contributed by atoms with Crippen LogP contribution in [0.25, 0.3) is 33.5 Å². The minimum Gasteiger partial charge on any atom is -0.496 e. The summed E-state index contributed by atoms with van der Waals surface area (Å²) in [5.74, 6) is 0.0261. The molecule has 168 valence electrons. The molecule has 0 saturated heterocycles. The number of nitrogens with zero attached hydrogens (tertiary/aromatic N) is 3. The molecule has 0 atom stereocenters. The fourth-order valence-corrected chi connectivity index (χ4v) is 3.54. The van der Waals surface area contributed by atoms with Gasteiger partial charge in [0.05, 0.1) is 48.6 Å². The summed E-state index contributed by atoms with van der Waals surface area (Å²) in [5.41, 5.74) is 1.39. The third kappa shape index (κ3) is 3.76. The van der Waals surface area contributed by atoms with Crippen LogP contribution >= 0.6 is 0 Å². The Morgan fingerprint density at radius 2 is 1.73 bits per heavy atom. The van der Waals surface area contributed by atoms with Gasteiger partial charge < -0.3 is 19.3 Å². The van der Waals surface area contributed by atoms with Gasteiger partial charge in [0.1, 0.15) is 5.75 Å². The van der Waals surface area contributed by atoms with Crippen LogP contribution in [0.5, 0.6) is 17.2 Å². The van der Waals surface area contributed by atoms with Crippen molar-refractivity contribution < 1.29 is 29.0 Å². The van der Waals surface area contributed by atoms with E-state index in [4.69, 9.17) is 14.2 Å². The Kier molecular flexibility index (Phi) is 5.53. The zero-order chi connectivity index (χ0) is 23.7. The number of benzene rings is 2. The molecule has 2 heterocycles. The predicted octanol–water partition coefficient (Wildman–Crippen LogP) is 3.92. The van der Waals surface area contributed by atoms with E-state index in [1.165, 1.54) is 45.6 Å². The third-order valence-electron chi connectivity index (χ3n) is 5.08. The Hall–Kier alpha value is -4.67. The first kappa shape index (κ1) is 21.6. The number of hydrogen-bond acceptors (Lipinski definition) is 8. The molecule has 2 N–H and O–H groups in total. The molecule has 0 fully saturated rings. The molecule has 4 rings (SSSR count). The van der Waals surface area contributed by atoms with Gasteiger partial charge in [-0.3, -0.25) is 15.2 Å². The molecule has 4 aromatic rings. The van der Waals surface area contributed by atoms with Crippen molar-refractivity contribution in [3.8, 4) is 39.8 Å². The highest BCUT2D eigenvalue weighted by molar-refractivity contribution is 6.08. The van der Waals surface area contributed by atoms with Crippen LogP contribution < -0.4 is 14.2 Å². The summed E-state index contributed by atoms with van der Waals surface area (Å²) in [7, 11) is 4.44. The van der Waals surface area contributed by atoms with Crippen LogP contribution in [0.15, 0.2) is 42.5 Å². The third-order valence-corrected chi connectivity index (χ3v) is 5.08. The van der Waals surface area contributed by atoms with E-state index < -0.39 is 10.9 Å². The molecule has 2 aromatic heterocycles. The van der Waals surface area contributed by atoms with Crippen LogP contribution in [0, 0.1) is 10.1 Å². The van der Waals surface area contributed by atoms with Gasteiger partial charge in [0.25, 0.3) is 5.69 Å². The number of aromatic carboxylic acids is 1. The van der Waals surface area contributed by atoms with Crippen molar-refractivity contribution in [1.29, 1.82) is 0 Å². The number of fused-ring (bicyclic) bond motifs is 1. The summed E-state index contributed by atoms with van der Waals surface area (Å²) < 4.78 is 16.1. The lowest BCUT2D eigenvalue weighted by molar-refractivity contribution is -0.384. The first-order valence-corrected chi connectivity index (χ1v) is 9.55. The Labute approximate surface area is 186 Å². The molecule has 2 aromatic carbocycles. The van der Waals surface area contributed by atoms with E-state index in [0.29, 0.717) is 34.1 Å². The number of rotatable bonds is 7. The van der Waals surface area contributed by atoms with Gasteiger partial charge in [-0.2, -0.15) is 5.10 Å².